The van der Waals surface area contributed by atoms with E-state index in [-0.39, 0.29) is 10.7 Å². The van der Waals surface area contributed by atoms with Gasteiger partial charge in [-0.3, -0.25) is 10.1 Å². The van der Waals surface area contributed by atoms with Crippen molar-refractivity contribution < 1.29 is 4.92 Å². The molecule has 0 bridgehead atoms. The molecule has 1 aliphatic carbocycles. The van der Waals surface area contributed by atoms with Gasteiger partial charge < -0.3 is 5.32 Å². The molecule has 1 heterocycles. The summed E-state index contributed by atoms with van der Waals surface area (Å²) >= 11 is 7.64. The predicted octanol–water partition coefficient (Wildman–Crippen LogP) is 4.48. The van der Waals surface area contributed by atoms with Gasteiger partial charge in [0, 0.05) is 23.5 Å². The maximum absolute atomic E-state index is 10.9. The number of hydrogen-bond donors (Lipinski definition) is 1. The quantitative estimate of drug-likeness (QED) is 0.667. The van der Waals surface area contributed by atoms with E-state index >= 15 is 0 Å². The summed E-state index contributed by atoms with van der Waals surface area (Å²) in [6.45, 7) is 0.609. The van der Waals surface area contributed by atoms with Crippen molar-refractivity contribution in [3.05, 3.63) is 60.8 Å². The van der Waals surface area contributed by atoms with Gasteiger partial charge in [0.2, 0.25) is 0 Å². The van der Waals surface area contributed by atoms with Crippen LogP contribution >= 0.6 is 22.9 Å². The van der Waals surface area contributed by atoms with Gasteiger partial charge in [-0.25, -0.2) is 0 Å². The normalized spacial score (nSPS) is 17.5. The minimum Gasteiger partial charge on any atom is -0.306 e. The largest absolute Gasteiger partial charge is 0.306 e. The summed E-state index contributed by atoms with van der Waals surface area (Å²) in [5, 5.41) is 16.7. The molecule has 0 amide bonds. The Labute approximate surface area is 131 Å². The smallest absolute Gasteiger partial charge is 0.288 e. The van der Waals surface area contributed by atoms with Crippen LogP contribution in [-0.2, 0) is 13.0 Å². The van der Waals surface area contributed by atoms with E-state index in [4.69, 9.17) is 11.6 Å². The highest BCUT2D eigenvalue weighted by molar-refractivity contribution is 7.10. The van der Waals surface area contributed by atoms with Crippen LogP contribution in [0.4, 0.5) is 5.69 Å². The molecule has 1 atom stereocenters. The van der Waals surface area contributed by atoms with E-state index in [0.29, 0.717) is 12.6 Å². The molecule has 1 aliphatic rings. The van der Waals surface area contributed by atoms with Gasteiger partial charge in [0.05, 0.1) is 4.92 Å². The van der Waals surface area contributed by atoms with Crippen molar-refractivity contribution in [3.63, 3.8) is 0 Å². The third-order valence-electron chi connectivity index (χ3n) is 3.81. The fourth-order valence-corrected chi connectivity index (χ4v) is 3.92. The van der Waals surface area contributed by atoms with Crippen LogP contribution in [-0.4, -0.2) is 4.92 Å². The molecule has 6 heteroatoms. The molecule has 1 aromatic heterocycles. The number of nitrogens with one attached hydrogen (secondary N) is 1. The highest BCUT2D eigenvalue weighted by Gasteiger charge is 2.21. The maximum atomic E-state index is 10.9. The third-order valence-corrected chi connectivity index (χ3v) is 5.13. The Bertz CT molecular complexity index is 671. The first kappa shape index (κ1) is 14.5. The lowest BCUT2D eigenvalue weighted by molar-refractivity contribution is -0.384. The molecular weight excluding hydrogens is 308 g/mol. The molecule has 0 saturated heterocycles. The first-order chi connectivity index (χ1) is 10.1. The van der Waals surface area contributed by atoms with E-state index in [1.807, 2.05) is 17.4 Å². The van der Waals surface area contributed by atoms with Gasteiger partial charge >= 0.3 is 0 Å². The highest BCUT2D eigenvalue weighted by atomic mass is 35.5. The zero-order chi connectivity index (χ0) is 14.8. The topological polar surface area (TPSA) is 55.2 Å². The Morgan fingerprint density at radius 2 is 2.29 bits per heavy atom. The van der Waals surface area contributed by atoms with Crippen LogP contribution in [0.1, 0.15) is 34.9 Å². The molecule has 0 fully saturated rings. The van der Waals surface area contributed by atoms with Gasteiger partial charge in [-0.1, -0.05) is 17.7 Å². The first-order valence-corrected chi connectivity index (χ1v) is 8.13. The number of benzene rings is 1. The van der Waals surface area contributed by atoms with Crippen LogP contribution in [0.15, 0.2) is 29.6 Å². The summed E-state index contributed by atoms with van der Waals surface area (Å²) < 4.78 is 0. The lowest BCUT2D eigenvalue weighted by atomic mass is 9.94. The van der Waals surface area contributed by atoms with Crippen LogP contribution < -0.4 is 5.32 Å². The Hall–Kier alpha value is -1.43. The summed E-state index contributed by atoms with van der Waals surface area (Å²) in [6.07, 6.45) is 3.46. The highest BCUT2D eigenvalue weighted by Crippen LogP contribution is 2.33. The fourth-order valence-electron chi connectivity index (χ4n) is 2.75. The number of thiophene rings is 1. The van der Waals surface area contributed by atoms with E-state index in [0.717, 1.165) is 18.4 Å². The molecule has 2 aromatic rings. The van der Waals surface area contributed by atoms with E-state index in [1.165, 1.54) is 16.9 Å². The first-order valence-electron chi connectivity index (χ1n) is 6.87. The SMILES string of the molecule is O=[N+]([O-])c1cc(CNC2CCCc3sccc32)ccc1Cl. The number of nitrogens with zero attached hydrogens (tertiary/aromatic N) is 1. The Morgan fingerprint density at radius 1 is 1.43 bits per heavy atom. The number of nitro benzene ring substituents is 1. The molecule has 0 spiro atoms. The molecule has 110 valence electrons. The molecule has 1 unspecified atom stereocenters. The lowest BCUT2D eigenvalue weighted by Crippen LogP contribution is -2.23. The van der Waals surface area contributed by atoms with Crippen molar-refractivity contribution >= 4 is 28.6 Å². The molecular formula is C15H15ClN2O2S. The van der Waals surface area contributed by atoms with Gasteiger partial charge in [-0.15, -0.1) is 11.3 Å². The zero-order valence-electron chi connectivity index (χ0n) is 11.3. The number of fused-ring (bicyclic) bond motifs is 1. The van der Waals surface area contributed by atoms with Crippen molar-refractivity contribution in [1.82, 2.24) is 5.32 Å². The minimum absolute atomic E-state index is 0.0316. The monoisotopic (exact) mass is 322 g/mol. The van der Waals surface area contributed by atoms with Crippen LogP contribution in [0.2, 0.25) is 5.02 Å². The third kappa shape index (κ3) is 3.10. The second-order valence-corrected chi connectivity index (χ2v) is 6.58. The molecule has 1 aromatic carbocycles. The van der Waals surface area contributed by atoms with Gasteiger partial charge in [-0.2, -0.15) is 0 Å². The molecule has 3 rings (SSSR count). The van der Waals surface area contributed by atoms with Crippen molar-refractivity contribution in [2.24, 2.45) is 0 Å². The summed E-state index contributed by atoms with van der Waals surface area (Å²) in [4.78, 5) is 11.9. The second kappa shape index (κ2) is 6.13. The summed E-state index contributed by atoms with van der Waals surface area (Å²) in [5.41, 5.74) is 2.24. The number of aryl methyl sites for hydroxylation is 1. The van der Waals surface area contributed by atoms with Crippen molar-refractivity contribution in [1.29, 1.82) is 0 Å². The van der Waals surface area contributed by atoms with Crippen molar-refractivity contribution in [2.45, 2.75) is 31.8 Å². The number of halogens is 1. The van der Waals surface area contributed by atoms with Crippen LogP contribution in [0, 0.1) is 10.1 Å². The van der Waals surface area contributed by atoms with E-state index in [9.17, 15) is 10.1 Å². The minimum atomic E-state index is -0.441. The summed E-state index contributed by atoms with van der Waals surface area (Å²) in [6, 6.07) is 7.50. The van der Waals surface area contributed by atoms with Gasteiger partial charge in [-0.05, 0) is 47.9 Å². The predicted molar refractivity (Wildman–Crippen MR) is 84.9 cm³/mol. The molecule has 1 N–H and O–H groups in total. The molecule has 21 heavy (non-hydrogen) atoms. The van der Waals surface area contributed by atoms with Gasteiger partial charge in [0.15, 0.2) is 0 Å². The number of nitro groups is 1. The van der Waals surface area contributed by atoms with Crippen LogP contribution in [0.3, 0.4) is 0 Å². The Balaban J connectivity index is 1.72. The van der Waals surface area contributed by atoms with E-state index < -0.39 is 4.92 Å². The van der Waals surface area contributed by atoms with Crippen LogP contribution in [0.25, 0.3) is 0 Å². The van der Waals surface area contributed by atoms with E-state index in [2.05, 4.69) is 16.8 Å². The number of hydrogen-bond acceptors (Lipinski definition) is 4. The average Bonchev–Trinajstić information content (AvgIpc) is 2.95. The standard InChI is InChI=1S/C15H15ClN2O2S/c16-12-5-4-10(8-14(12)18(19)20)9-17-13-2-1-3-15-11(13)6-7-21-15/h4-8,13,17H,1-3,9H2. The number of rotatable bonds is 4. The average molecular weight is 323 g/mol. The summed E-state index contributed by atoms with van der Waals surface area (Å²) in [7, 11) is 0. The van der Waals surface area contributed by atoms with Crippen LogP contribution in [0.5, 0.6) is 0 Å². The lowest BCUT2D eigenvalue weighted by Gasteiger charge is -2.23. The zero-order valence-corrected chi connectivity index (χ0v) is 12.9. The Kier molecular flexibility index (Phi) is 4.24. The fraction of sp³-hybridized carbons (Fsp3) is 0.333. The van der Waals surface area contributed by atoms with Crippen molar-refractivity contribution in [3.8, 4) is 0 Å². The van der Waals surface area contributed by atoms with Crippen molar-refractivity contribution in [2.75, 3.05) is 0 Å². The molecule has 4 nitrogen and oxygen atoms in total. The summed E-state index contributed by atoms with van der Waals surface area (Å²) in [5.74, 6) is 0. The molecule has 0 radical (unpaired) electrons. The Morgan fingerprint density at radius 3 is 3.10 bits per heavy atom. The maximum Gasteiger partial charge on any atom is 0.288 e. The molecule has 0 aliphatic heterocycles. The molecule has 0 saturated carbocycles. The second-order valence-electron chi connectivity index (χ2n) is 5.17. The van der Waals surface area contributed by atoms with E-state index in [1.54, 1.807) is 12.1 Å². The van der Waals surface area contributed by atoms with Gasteiger partial charge in [0.1, 0.15) is 5.02 Å². The van der Waals surface area contributed by atoms with Gasteiger partial charge in [0.25, 0.3) is 5.69 Å².